The van der Waals surface area contributed by atoms with Crippen molar-refractivity contribution in [3.63, 3.8) is 0 Å². The van der Waals surface area contributed by atoms with Crippen LogP contribution in [0.4, 0.5) is 0 Å². The first-order valence-electron chi connectivity index (χ1n) is 5.91. The smallest absolute Gasteiger partial charge is 0.115 e. The molecule has 0 radical (unpaired) electrons. The Morgan fingerprint density at radius 2 is 2.25 bits per heavy atom. The summed E-state index contributed by atoms with van der Waals surface area (Å²) in [6, 6.07) is 0. The van der Waals surface area contributed by atoms with Gasteiger partial charge >= 0.3 is 0 Å². The van der Waals surface area contributed by atoms with E-state index in [-0.39, 0.29) is 0 Å². The van der Waals surface area contributed by atoms with Crippen molar-refractivity contribution in [3.05, 3.63) is 24.3 Å². The Balaban J connectivity index is 1.69. The summed E-state index contributed by atoms with van der Waals surface area (Å²) in [5.74, 6) is 0. The number of aliphatic hydroxyl groups is 1. The number of hydrogen-bond donors (Lipinski definition) is 1. The molecule has 1 aliphatic heterocycles. The van der Waals surface area contributed by atoms with Crippen LogP contribution in [0.2, 0.25) is 0 Å². The van der Waals surface area contributed by atoms with Crippen molar-refractivity contribution in [1.82, 2.24) is 9.97 Å². The van der Waals surface area contributed by atoms with E-state index in [9.17, 15) is 5.11 Å². The summed E-state index contributed by atoms with van der Waals surface area (Å²) < 4.78 is 5.53. The van der Waals surface area contributed by atoms with Gasteiger partial charge in [-0.2, -0.15) is 0 Å². The number of hydrogen-bond acceptors (Lipinski definition) is 4. The van der Waals surface area contributed by atoms with Crippen molar-refractivity contribution < 1.29 is 9.84 Å². The van der Waals surface area contributed by atoms with Crippen LogP contribution in [-0.4, -0.2) is 27.8 Å². The third kappa shape index (κ3) is 3.25. The second-order valence-electron chi connectivity index (χ2n) is 4.25. The average Bonchev–Trinajstić information content (AvgIpc) is 2.83. The van der Waals surface area contributed by atoms with Crippen molar-refractivity contribution in [2.24, 2.45) is 0 Å². The molecule has 2 unspecified atom stereocenters. The zero-order valence-electron chi connectivity index (χ0n) is 9.38. The molecule has 0 bridgehead atoms. The third-order valence-corrected chi connectivity index (χ3v) is 2.99. The average molecular weight is 222 g/mol. The zero-order valence-corrected chi connectivity index (χ0v) is 9.38. The molecule has 1 fully saturated rings. The highest BCUT2D eigenvalue weighted by Gasteiger charge is 2.16. The summed E-state index contributed by atoms with van der Waals surface area (Å²) in [4.78, 5) is 7.79. The van der Waals surface area contributed by atoms with Gasteiger partial charge in [-0.15, -0.1) is 0 Å². The highest BCUT2D eigenvalue weighted by Crippen LogP contribution is 2.22. The van der Waals surface area contributed by atoms with Crippen molar-refractivity contribution in [2.45, 2.75) is 44.3 Å². The highest BCUT2D eigenvalue weighted by molar-refractivity contribution is 5.05. The zero-order chi connectivity index (χ0) is 11.2. The molecular formula is C12H18N2O2. The highest BCUT2D eigenvalue weighted by atomic mass is 16.5. The minimum atomic E-state index is -0.442. The van der Waals surface area contributed by atoms with Crippen molar-refractivity contribution in [1.29, 1.82) is 0 Å². The standard InChI is InChI=1S/C12H18N2O2/c15-12(10-7-13-9-14-8-10)5-1-3-11-4-2-6-16-11/h7-9,11-12,15H,1-6H2. The molecule has 0 amide bonds. The molecular weight excluding hydrogens is 204 g/mol. The number of aliphatic hydroxyl groups excluding tert-OH is 1. The molecule has 1 saturated heterocycles. The summed E-state index contributed by atoms with van der Waals surface area (Å²) >= 11 is 0. The van der Waals surface area contributed by atoms with Crippen LogP contribution in [-0.2, 0) is 4.74 Å². The molecule has 0 aromatic carbocycles. The number of nitrogens with zero attached hydrogens (tertiary/aromatic N) is 2. The summed E-state index contributed by atoms with van der Waals surface area (Å²) in [6.07, 6.45) is 9.93. The first kappa shape index (κ1) is 11.5. The van der Waals surface area contributed by atoms with E-state index in [0.717, 1.165) is 31.4 Å². The molecule has 88 valence electrons. The lowest BCUT2D eigenvalue weighted by molar-refractivity contribution is 0.0944. The van der Waals surface area contributed by atoms with Crippen LogP contribution in [0, 0.1) is 0 Å². The normalized spacial score (nSPS) is 22.2. The fourth-order valence-electron chi connectivity index (χ4n) is 2.06. The Kier molecular flexibility index (Phi) is 4.25. The second kappa shape index (κ2) is 5.92. The lowest BCUT2D eigenvalue weighted by Crippen LogP contribution is -2.06. The maximum atomic E-state index is 9.87. The van der Waals surface area contributed by atoms with Crippen molar-refractivity contribution in [3.8, 4) is 0 Å². The molecule has 0 aliphatic carbocycles. The molecule has 1 aromatic rings. The Hall–Kier alpha value is -1.00. The van der Waals surface area contributed by atoms with Crippen LogP contribution in [0.25, 0.3) is 0 Å². The molecule has 4 heteroatoms. The Morgan fingerprint density at radius 1 is 1.44 bits per heavy atom. The van der Waals surface area contributed by atoms with Crippen LogP contribution in [0.5, 0.6) is 0 Å². The molecule has 1 aliphatic rings. The van der Waals surface area contributed by atoms with Gasteiger partial charge in [0.2, 0.25) is 0 Å². The van der Waals surface area contributed by atoms with Crippen LogP contribution in [0.15, 0.2) is 18.7 Å². The first-order valence-corrected chi connectivity index (χ1v) is 5.91. The Morgan fingerprint density at radius 3 is 2.94 bits per heavy atom. The lowest BCUT2D eigenvalue weighted by atomic mass is 10.0. The molecule has 0 spiro atoms. The van der Waals surface area contributed by atoms with Crippen LogP contribution < -0.4 is 0 Å². The van der Waals surface area contributed by atoms with E-state index in [4.69, 9.17) is 4.74 Å². The van der Waals surface area contributed by atoms with E-state index < -0.39 is 6.10 Å². The van der Waals surface area contributed by atoms with Gasteiger partial charge in [0.1, 0.15) is 6.33 Å². The molecule has 2 atom stereocenters. The van der Waals surface area contributed by atoms with E-state index in [2.05, 4.69) is 9.97 Å². The molecule has 0 saturated carbocycles. The van der Waals surface area contributed by atoms with E-state index in [1.54, 1.807) is 12.4 Å². The predicted octanol–water partition coefficient (Wildman–Crippen LogP) is 1.86. The van der Waals surface area contributed by atoms with Gasteiger partial charge in [-0.25, -0.2) is 9.97 Å². The largest absolute Gasteiger partial charge is 0.388 e. The van der Waals surface area contributed by atoms with Gasteiger partial charge in [0, 0.05) is 24.6 Å². The van der Waals surface area contributed by atoms with Gasteiger partial charge in [0.05, 0.1) is 12.2 Å². The molecule has 2 heterocycles. The monoisotopic (exact) mass is 222 g/mol. The summed E-state index contributed by atoms with van der Waals surface area (Å²) in [7, 11) is 0. The summed E-state index contributed by atoms with van der Waals surface area (Å²) in [5.41, 5.74) is 0.801. The fourth-order valence-corrected chi connectivity index (χ4v) is 2.06. The topological polar surface area (TPSA) is 55.2 Å². The predicted molar refractivity (Wildman–Crippen MR) is 59.8 cm³/mol. The first-order chi connectivity index (χ1) is 7.86. The summed E-state index contributed by atoms with van der Waals surface area (Å²) in [5, 5.41) is 9.87. The fraction of sp³-hybridized carbons (Fsp3) is 0.667. The van der Waals surface area contributed by atoms with Crippen LogP contribution >= 0.6 is 0 Å². The van der Waals surface area contributed by atoms with Crippen LogP contribution in [0.3, 0.4) is 0 Å². The number of ether oxygens (including phenoxy) is 1. The van der Waals surface area contributed by atoms with E-state index >= 15 is 0 Å². The van der Waals surface area contributed by atoms with Gasteiger partial charge in [0.15, 0.2) is 0 Å². The quantitative estimate of drug-likeness (QED) is 0.826. The SMILES string of the molecule is OC(CCCC1CCCO1)c1cncnc1. The second-order valence-corrected chi connectivity index (χ2v) is 4.25. The van der Waals surface area contributed by atoms with Gasteiger partial charge in [-0.3, -0.25) is 0 Å². The third-order valence-electron chi connectivity index (χ3n) is 2.99. The molecule has 2 rings (SSSR count). The minimum absolute atomic E-state index is 0.416. The Labute approximate surface area is 95.7 Å². The molecule has 16 heavy (non-hydrogen) atoms. The molecule has 1 aromatic heterocycles. The van der Waals surface area contributed by atoms with Gasteiger partial charge in [0.25, 0.3) is 0 Å². The lowest BCUT2D eigenvalue weighted by Gasteiger charge is -2.12. The van der Waals surface area contributed by atoms with Gasteiger partial charge < -0.3 is 9.84 Å². The molecule has 1 N–H and O–H groups in total. The van der Waals surface area contributed by atoms with Crippen molar-refractivity contribution in [2.75, 3.05) is 6.61 Å². The number of aromatic nitrogens is 2. The van der Waals surface area contributed by atoms with Crippen LogP contribution in [0.1, 0.15) is 43.8 Å². The van der Waals surface area contributed by atoms with E-state index in [1.807, 2.05) is 0 Å². The minimum Gasteiger partial charge on any atom is -0.388 e. The molecule has 4 nitrogen and oxygen atoms in total. The van der Waals surface area contributed by atoms with Crippen molar-refractivity contribution >= 4 is 0 Å². The number of rotatable bonds is 5. The van der Waals surface area contributed by atoms with E-state index in [1.165, 1.54) is 19.2 Å². The Bertz CT molecular complexity index is 299. The maximum Gasteiger partial charge on any atom is 0.115 e. The maximum absolute atomic E-state index is 9.87. The van der Waals surface area contributed by atoms with E-state index in [0.29, 0.717) is 6.10 Å². The van der Waals surface area contributed by atoms with Gasteiger partial charge in [-0.1, -0.05) is 0 Å². The summed E-state index contributed by atoms with van der Waals surface area (Å²) in [6.45, 7) is 0.903. The van der Waals surface area contributed by atoms with Gasteiger partial charge in [-0.05, 0) is 32.1 Å².